The summed E-state index contributed by atoms with van der Waals surface area (Å²) >= 11 is 0. The van der Waals surface area contributed by atoms with Gasteiger partial charge in [-0.05, 0) is 76.7 Å². The molecule has 2 N–H and O–H groups in total. The Morgan fingerprint density at radius 2 is 1.09 bits per heavy atom. The van der Waals surface area contributed by atoms with Gasteiger partial charge in [-0.15, -0.1) is 0 Å². The summed E-state index contributed by atoms with van der Waals surface area (Å²) in [5.74, 6) is -1.36. The second-order valence-corrected chi connectivity index (χ2v) is 12.5. The summed E-state index contributed by atoms with van der Waals surface area (Å²) in [6.45, 7) is 4.15. The molecule has 0 radical (unpaired) electrons. The van der Waals surface area contributed by atoms with Crippen LogP contribution >= 0.6 is 0 Å². The molecule has 0 aliphatic heterocycles. The zero-order chi connectivity index (χ0) is 33.1. The number of unbranched alkanes of at least 4 members (excludes halogenated alkanes) is 18. The number of carbonyl (C=O) groups excluding carboxylic acids is 2. The van der Waals surface area contributed by atoms with E-state index in [0.717, 1.165) is 57.8 Å². The van der Waals surface area contributed by atoms with E-state index in [9.17, 15) is 14.4 Å². The van der Waals surface area contributed by atoms with Crippen molar-refractivity contribution in [1.82, 2.24) is 5.32 Å². The largest absolute Gasteiger partial charge is 0.480 e. The highest BCUT2D eigenvalue weighted by Gasteiger charge is 2.11. The third kappa shape index (κ3) is 34.3. The van der Waals surface area contributed by atoms with Crippen molar-refractivity contribution >= 4 is 17.8 Å². The fraction of sp³-hybridized carbons (Fsp3) is 0.769. The molecule has 0 saturated heterocycles. The fourth-order valence-corrected chi connectivity index (χ4v) is 5.22. The van der Waals surface area contributed by atoms with Crippen LogP contribution in [0.25, 0.3) is 0 Å². The van der Waals surface area contributed by atoms with Crippen molar-refractivity contribution in [2.75, 3.05) is 6.54 Å². The molecule has 0 heterocycles. The molecule has 0 aromatic heterocycles. The molecule has 1 amide bonds. The Morgan fingerprint density at radius 1 is 0.600 bits per heavy atom. The third-order valence-corrected chi connectivity index (χ3v) is 8.02. The maximum Gasteiger partial charge on any atom is 0.322 e. The number of esters is 1. The van der Waals surface area contributed by atoms with Crippen LogP contribution in [-0.4, -0.2) is 35.6 Å². The molecule has 0 rings (SSSR count). The van der Waals surface area contributed by atoms with E-state index >= 15 is 0 Å². The molecule has 0 aromatic carbocycles. The standard InChI is InChI=1S/C39H69NO5/c1-3-5-7-9-11-13-14-15-16-17-18-19-20-22-24-30-34-39(44)45-36(31-27-23-21-12-10-8-6-4-2)32-28-25-26-29-33-37(41)40-35-38(42)43/h12,16-17,21,27,31,36H,3-11,13-15,18-20,22-26,28-30,32-35H2,1-2H3,(H,40,41)(H,42,43)/b17-16-,21-12-,31-27-. The van der Waals surface area contributed by atoms with E-state index in [2.05, 4.69) is 49.5 Å². The lowest BCUT2D eigenvalue weighted by molar-refractivity contribution is -0.147. The van der Waals surface area contributed by atoms with Gasteiger partial charge in [-0.25, -0.2) is 0 Å². The van der Waals surface area contributed by atoms with E-state index in [4.69, 9.17) is 9.84 Å². The number of hydrogen-bond donors (Lipinski definition) is 2. The van der Waals surface area contributed by atoms with E-state index in [1.54, 1.807) is 0 Å². The maximum absolute atomic E-state index is 12.6. The second-order valence-electron chi connectivity index (χ2n) is 12.5. The monoisotopic (exact) mass is 632 g/mol. The highest BCUT2D eigenvalue weighted by molar-refractivity contribution is 5.80. The number of hydrogen-bond acceptors (Lipinski definition) is 4. The van der Waals surface area contributed by atoms with Crippen molar-refractivity contribution in [3.05, 3.63) is 36.5 Å². The van der Waals surface area contributed by atoms with Crippen LogP contribution in [0.1, 0.15) is 181 Å². The molecule has 0 fully saturated rings. The van der Waals surface area contributed by atoms with Crippen LogP contribution in [0.2, 0.25) is 0 Å². The minimum absolute atomic E-state index is 0.108. The molecule has 6 heteroatoms. The lowest BCUT2D eigenvalue weighted by Gasteiger charge is -2.14. The lowest BCUT2D eigenvalue weighted by atomic mass is 10.1. The molecule has 0 saturated carbocycles. The molecule has 1 atom stereocenters. The predicted molar refractivity (Wildman–Crippen MR) is 189 cm³/mol. The minimum Gasteiger partial charge on any atom is -0.480 e. The topological polar surface area (TPSA) is 92.7 Å². The Bertz CT molecular complexity index is 788. The fourth-order valence-electron chi connectivity index (χ4n) is 5.22. The van der Waals surface area contributed by atoms with E-state index in [-0.39, 0.29) is 24.5 Å². The van der Waals surface area contributed by atoms with Crippen molar-refractivity contribution in [2.24, 2.45) is 0 Å². The molecular formula is C39H69NO5. The van der Waals surface area contributed by atoms with Crippen LogP contribution < -0.4 is 5.32 Å². The van der Waals surface area contributed by atoms with Crippen molar-refractivity contribution in [2.45, 2.75) is 187 Å². The SMILES string of the molecule is CCCCC/C=C\C/C=C\C(CCCCCCC(=O)NCC(=O)O)OC(=O)CCCCCCC/C=C\CCCCCCCCC. The van der Waals surface area contributed by atoms with Gasteiger partial charge in [0.05, 0.1) is 0 Å². The lowest BCUT2D eigenvalue weighted by Crippen LogP contribution is -2.28. The number of carbonyl (C=O) groups is 3. The number of amides is 1. The summed E-state index contributed by atoms with van der Waals surface area (Å²) < 4.78 is 5.85. The quantitative estimate of drug-likeness (QED) is 0.0427. The van der Waals surface area contributed by atoms with Crippen LogP contribution in [0.15, 0.2) is 36.5 Å². The highest BCUT2D eigenvalue weighted by atomic mass is 16.5. The van der Waals surface area contributed by atoms with Gasteiger partial charge in [-0.2, -0.15) is 0 Å². The normalized spacial score (nSPS) is 12.4. The average Bonchev–Trinajstić information content (AvgIpc) is 3.02. The van der Waals surface area contributed by atoms with Gasteiger partial charge in [0, 0.05) is 12.8 Å². The van der Waals surface area contributed by atoms with Crippen molar-refractivity contribution in [3.63, 3.8) is 0 Å². The number of allylic oxidation sites excluding steroid dienone is 5. The Hall–Kier alpha value is -2.37. The van der Waals surface area contributed by atoms with E-state index in [1.807, 2.05) is 6.08 Å². The van der Waals surface area contributed by atoms with E-state index in [0.29, 0.717) is 12.8 Å². The smallest absolute Gasteiger partial charge is 0.322 e. The van der Waals surface area contributed by atoms with Gasteiger partial charge in [0.1, 0.15) is 12.6 Å². The highest BCUT2D eigenvalue weighted by Crippen LogP contribution is 2.15. The first-order valence-electron chi connectivity index (χ1n) is 18.6. The number of carboxylic acid groups (broad SMARTS) is 1. The number of rotatable bonds is 33. The second kappa shape index (κ2) is 34.5. The first-order chi connectivity index (χ1) is 22.0. The summed E-state index contributed by atoms with van der Waals surface area (Å²) in [6, 6.07) is 0. The molecule has 0 bridgehead atoms. The molecule has 0 spiro atoms. The first-order valence-corrected chi connectivity index (χ1v) is 18.6. The Kier molecular flexibility index (Phi) is 32.7. The van der Waals surface area contributed by atoms with Crippen LogP contribution in [-0.2, 0) is 19.1 Å². The van der Waals surface area contributed by atoms with Crippen molar-refractivity contribution in [3.8, 4) is 0 Å². The third-order valence-electron chi connectivity index (χ3n) is 8.02. The van der Waals surface area contributed by atoms with Crippen LogP contribution in [0, 0.1) is 0 Å². The van der Waals surface area contributed by atoms with Gasteiger partial charge in [0.2, 0.25) is 5.91 Å². The summed E-state index contributed by atoms with van der Waals surface area (Å²) in [6.07, 6.45) is 41.3. The molecule has 45 heavy (non-hydrogen) atoms. The zero-order valence-corrected chi connectivity index (χ0v) is 29.2. The van der Waals surface area contributed by atoms with Gasteiger partial charge < -0.3 is 15.2 Å². The number of ether oxygens (including phenoxy) is 1. The van der Waals surface area contributed by atoms with Crippen LogP contribution in [0.5, 0.6) is 0 Å². The molecule has 0 aromatic rings. The molecule has 6 nitrogen and oxygen atoms in total. The maximum atomic E-state index is 12.6. The molecule has 0 aliphatic carbocycles. The Labute approximate surface area is 276 Å². The molecule has 0 aliphatic rings. The van der Waals surface area contributed by atoms with Gasteiger partial charge in [0.25, 0.3) is 0 Å². The van der Waals surface area contributed by atoms with Gasteiger partial charge in [-0.3, -0.25) is 14.4 Å². The summed E-state index contributed by atoms with van der Waals surface area (Å²) in [4.78, 5) is 34.8. The average molecular weight is 632 g/mol. The summed E-state index contributed by atoms with van der Waals surface area (Å²) in [7, 11) is 0. The van der Waals surface area contributed by atoms with Gasteiger partial charge >= 0.3 is 11.9 Å². The van der Waals surface area contributed by atoms with Crippen molar-refractivity contribution < 1.29 is 24.2 Å². The number of carboxylic acids is 1. The molecular weight excluding hydrogens is 562 g/mol. The van der Waals surface area contributed by atoms with E-state index in [1.165, 1.54) is 96.3 Å². The van der Waals surface area contributed by atoms with Gasteiger partial charge in [0.15, 0.2) is 0 Å². The Morgan fingerprint density at radius 3 is 1.71 bits per heavy atom. The van der Waals surface area contributed by atoms with Crippen molar-refractivity contribution in [1.29, 1.82) is 0 Å². The van der Waals surface area contributed by atoms with Crippen LogP contribution in [0.4, 0.5) is 0 Å². The minimum atomic E-state index is -1.03. The first kappa shape index (κ1) is 42.6. The predicted octanol–water partition coefficient (Wildman–Crippen LogP) is 10.9. The van der Waals surface area contributed by atoms with E-state index < -0.39 is 5.97 Å². The summed E-state index contributed by atoms with van der Waals surface area (Å²) in [5.41, 5.74) is 0. The Balaban J connectivity index is 4.16. The van der Waals surface area contributed by atoms with Gasteiger partial charge in [-0.1, -0.05) is 128 Å². The molecule has 1 unspecified atom stereocenters. The zero-order valence-electron chi connectivity index (χ0n) is 29.2. The summed E-state index contributed by atoms with van der Waals surface area (Å²) in [5, 5.41) is 11.0. The van der Waals surface area contributed by atoms with Crippen LogP contribution in [0.3, 0.4) is 0 Å². The molecule has 260 valence electrons. The number of aliphatic carboxylic acids is 1. The number of nitrogens with one attached hydrogen (secondary N) is 1.